The normalized spacial score (nSPS) is 11.4. The van der Waals surface area contributed by atoms with Gasteiger partial charge in [0, 0.05) is 17.1 Å². The minimum atomic E-state index is -4.66. The van der Waals surface area contributed by atoms with E-state index >= 15 is 0 Å². The zero-order chi connectivity index (χ0) is 18.0. The minimum absolute atomic E-state index is 0.0603. The van der Waals surface area contributed by atoms with Crippen LogP contribution in [0.25, 0.3) is 10.9 Å². The van der Waals surface area contributed by atoms with E-state index in [1.54, 1.807) is 36.4 Å². The number of alkyl halides is 3. The van der Waals surface area contributed by atoms with E-state index in [1.807, 2.05) is 0 Å². The Kier molecular flexibility index (Phi) is 4.35. The van der Waals surface area contributed by atoms with E-state index in [0.29, 0.717) is 22.6 Å². The summed E-state index contributed by atoms with van der Waals surface area (Å²) in [6, 6.07) is 11.4. The highest BCUT2D eigenvalue weighted by Gasteiger charge is 2.35. The fraction of sp³-hybridized carbons (Fsp3) is 0.176. The fourth-order valence-corrected chi connectivity index (χ4v) is 2.27. The molecule has 0 radical (unpaired) electrons. The van der Waals surface area contributed by atoms with Crippen molar-refractivity contribution in [1.29, 1.82) is 0 Å². The Morgan fingerprint density at radius 1 is 0.880 bits per heavy atom. The number of methoxy groups -OCH3 is 2. The van der Waals surface area contributed by atoms with Crippen LogP contribution < -0.4 is 14.8 Å². The minimum Gasteiger partial charge on any atom is -0.497 e. The van der Waals surface area contributed by atoms with Crippen molar-refractivity contribution < 1.29 is 22.6 Å². The topological polar surface area (TPSA) is 56.3 Å². The number of hydrogen-bond acceptors (Lipinski definition) is 5. The van der Waals surface area contributed by atoms with Crippen molar-refractivity contribution in [2.24, 2.45) is 0 Å². The van der Waals surface area contributed by atoms with Gasteiger partial charge in [0.2, 0.25) is 5.82 Å². The zero-order valence-electron chi connectivity index (χ0n) is 13.4. The van der Waals surface area contributed by atoms with E-state index < -0.39 is 12.0 Å². The van der Waals surface area contributed by atoms with E-state index in [9.17, 15) is 13.2 Å². The highest BCUT2D eigenvalue weighted by molar-refractivity contribution is 5.91. The van der Waals surface area contributed by atoms with Crippen LogP contribution >= 0.6 is 0 Å². The van der Waals surface area contributed by atoms with Crippen molar-refractivity contribution >= 4 is 22.4 Å². The first-order valence-electron chi connectivity index (χ1n) is 7.25. The molecule has 0 aliphatic carbocycles. The summed E-state index contributed by atoms with van der Waals surface area (Å²) in [5.41, 5.74) is 0.711. The van der Waals surface area contributed by atoms with Gasteiger partial charge in [-0.2, -0.15) is 13.2 Å². The molecule has 0 aliphatic heterocycles. The molecule has 2 aromatic carbocycles. The number of benzene rings is 2. The molecule has 0 saturated heterocycles. The summed E-state index contributed by atoms with van der Waals surface area (Å²) >= 11 is 0. The van der Waals surface area contributed by atoms with Gasteiger partial charge in [0.1, 0.15) is 17.3 Å². The summed E-state index contributed by atoms with van der Waals surface area (Å²) in [7, 11) is 2.97. The number of anilines is 2. The van der Waals surface area contributed by atoms with Gasteiger partial charge in [-0.3, -0.25) is 0 Å². The lowest BCUT2D eigenvalue weighted by molar-refractivity contribution is -0.144. The maximum absolute atomic E-state index is 13.1. The summed E-state index contributed by atoms with van der Waals surface area (Å²) in [6.45, 7) is 0. The lowest BCUT2D eigenvalue weighted by Crippen LogP contribution is -2.12. The maximum atomic E-state index is 13.1. The maximum Gasteiger partial charge on any atom is 0.451 e. The Bertz CT molecular complexity index is 896. The zero-order valence-corrected chi connectivity index (χ0v) is 13.4. The SMILES string of the molecule is COc1ccc(Nc2nc(C(F)(F)F)nc3cc(OC)ccc23)cc1. The average Bonchev–Trinajstić information content (AvgIpc) is 2.61. The molecule has 1 aromatic heterocycles. The molecule has 0 bridgehead atoms. The molecule has 3 aromatic rings. The van der Waals surface area contributed by atoms with Gasteiger partial charge in [0.25, 0.3) is 0 Å². The number of ether oxygens (including phenoxy) is 2. The Morgan fingerprint density at radius 2 is 1.52 bits per heavy atom. The second-order valence-corrected chi connectivity index (χ2v) is 5.13. The van der Waals surface area contributed by atoms with Crippen LogP contribution in [0.3, 0.4) is 0 Å². The molecule has 0 fully saturated rings. The predicted molar refractivity (Wildman–Crippen MR) is 87.4 cm³/mol. The van der Waals surface area contributed by atoms with Gasteiger partial charge in [-0.25, -0.2) is 9.97 Å². The molecule has 0 spiro atoms. The summed E-state index contributed by atoms with van der Waals surface area (Å²) < 4.78 is 49.5. The van der Waals surface area contributed by atoms with Crippen LogP contribution in [0.4, 0.5) is 24.7 Å². The molecule has 0 saturated carbocycles. The quantitative estimate of drug-likeness (QED) is 0.756. The summed E-state index contributed by atoms with van der Waals surface area (Å²) in [6.07, 6.45) is -4.66. The molecule has 3 rings (SSSR count). The molecule has 8 heteroatoms. The molecule has 5 nitrogen and oxygen atoms in total. The summed E-state index contributed by atoms with van der Waals surface area (Å²) in [5, 5.41) is 3.35. The molecule has 1 heterocycles. The second kappa shape index (κ2) is 6.46. The largest absolute Gasteiger partial charge is 0.497 e. The van der Waals surface area contributed by atoms with Crippen molar-refractivity contribution in [3.05, 3.63) is 48.3 Å². The first-order valence-corrected chi connectivity index (χ1v) is 7.25. The van der Waals surface area contributed by atoms with Crippen LogP contribution in [-0.2, 0) is 6.18 Å². The molecule has 0 amide bonds. The number of hydrogen-bond donors (Lipinski definition) is 1. The smallest absolute Gasteiger partial charge is 0.451 e. The predicted octanol–water partition coefficient (Wildman–Crippen LogP) is 4.41. The molecule has 0 aliphatic rings. The Morgan fingerprint density at radius 3 is 2.12 bits per heavy atom. The van der Waals surface area contributed by atoms with Crippen LogP contribution in [0.1, 0.15) is 5.82 Å². The van der Waals surface area contributed by atoms with Crippen molar-refractivity contribution in [3.63, 3.8) is 0 Å². The third kappa shape index (κ3) is 3.57. The third-order valence-corrected chi connectivity index (χ3v) is 3.51. The Labute approximate surface area is 141 Å². The van der Waals surface area contributed by atoms with E-state index in [1.165, 1.54) is 20.3 Å². The molecule has 25 heavy (non-hydrogen) atoms. The molecule has 1 N–H and O–H groups in total. The van der Waals surface area contributed by atoms with Crippen molar-refractivity contribution in [2.45, 2.75) is 6.18 Å². The van der Waals surface area contributed by atoms with Gasteiger partial charge in [-0.05, 0) is 36.4 Å². The second-order valence-electron chi connectivity index (χ2n) is 5.13. The van der Waals surface area contributed by atoms with Crippen LogP contribution in [0.15, 0.2) is 42.5 Å². The van der Waals surface area contributed by atoms with Gasteiger partial charge in [0.15, 0.2) is 0 Å². The van der Waals surface area contributed by atoms with Crippen LogP contribution in [-0.4, -0.2) is 24.2 Å². The van der Waals surface area contributed by atoms with E-state index in [2.05, 4.69) is 15.3 Å². The number of fused-ring (bicyclic) bond motifs is 1. The molecule has 0 atom stereocenters. The summed E-state index contributed by atoms with van der Waals surface area (Å²) in [4.78, 5) is 7.25. The first-order chi connectivity index (χ1) is 11.9. The lowest BCUT2D eigenvalue weighted by Gasteiger charge is -2.13. The summed E-state index contributed by atoms with van der Waals surface area (Å²) in [5.74, 6) is -0.108. The van der Waals surface area contributed by atoms with Gasteiger partial charge >= 0.3 is 6.18 Å². The lowest BCUT2D eigenvalue weighted by atomic mass is 10.2. The number of nitrogens with one attached hydrogen (secondary N) is 1. The van der Waals surface area contributed by atoms with Crippen LogP contribution in [0.2, 0.25) is 0 Å². The van der Waals surface area contributed by atoms with Crippen LogP contribution in [0.5, 0.6) is 11.5 Å². The highest BCUT2D eigenvalue weighted by atomic mass is 19.4. The first kappa shape index (κ1) is 16.8. The molecular weight excluding hydrogens is 335 g/mol. The third-order valence-electron chi connectivity index (χ3n) is 3.51. The number of halogens is 3. The fourth-order valence-electron chi connectivity index (χ4n) is 2.27. The average molecular weight is 349 g/mol. The standard InChI is InChI=1S/C17H14F3N3O2/c1-24-11-5-3-10(4-6-11)21-15-13-8-7-12(25-2)9-14(13)22-16(23-15)17(18,19)20/h3-9H,1-2H3,(H,21,22,23). The van der Waals surface area contributed by atoms with Crippen molar-refractivity contribution in [2.75, 3.05) is 19.5 Å². The number of rotatable bonds is 4. The van der Waals surface area contributed by atoms with Crippen LogP contribution in [0, 0.1) is 0 Å². The molecule has 0 unspecified atom stereocenters. The van der Waals surface area contributed by atoms with Crippen molar-refractivity contribution in [3.8, 4) is 11.5 Å². The van der Waals surface area contributed by atoms with Gasteiger partial charge in [-0.1, -0.05) is 0 Å². The van der Waals surface area contributed by atoms with Crippen molar-refractivity contribution in [1.82, 2.24) is 9.97 Å². The monoisotopic (exact) mass is 349 g/mol. The number of nitrogens with zero attached hydrogens (tertiary/aromatic N) is 2. The Hall–Kier alpha value is -3.03. The van der Waals surface area contributed by atoms with E-state index in [4.69, 9.17) is 9.47 Å². The Balaban J connectivity index is 2.10. The van der Waals surface area contributed by atoms with Gasteiger partial charge in [-0.15, -0.1) is 0 Å². The molecule has 130 valence electrons. The number of aromatic nitrogens is 2. The van der Waals surface area contributed by atoms with E-state index in [-0.39, 0.29) is 11.3 Å². The van der Waals surface area contributed by atoms with Gasteiger partial charge < -0.3 is 14.8 Å². The highest BCUT2D eigenvalue weighted by Crippen LogP contribution is 2.33. The van der Waals surface area contributed by atoms with E-state index in [0.717, 1.165) is 0 Å². The van der Waals surface area contributed by atoms with Gasteiger partial charge in [0.05, 0.1) is 19.7 Å². The molecular formula is C17H14F3N3O2.